The second-order valence-electron chi connectivity index (χ2n) is 4.79. The minimum absolute atomic E-state index is 0.0404. The third-order valence-electron chi connectivity index (χ3n) is 3.61. The van der Waals surface area contributed by atoms with Crippen molar-refractivity contribution >= 4 is 10.9 Å². The molecule has 1 aliphatic rings. The Morgan fingerprint density at radius 2 is 2.12 bits per heavy atom. The van der Waals surface area contributed by atoms with Crippen molar-refractivity contribution in [2.75, 3.05) is 6.54 Å². The SMILES string of the molecule is Cc1nc(C2(CN)CC2)nc2c(O)cccc12. The van der Waals surface area contributed by atoms with E-state index in [4.69, 9.17) is 5.73 Å². The van der Waals surface area contributed by atoms with Crippen LogP contribution in [0.2, 0.25) is 0 Å². The van der Waals surface area contributed by atoms with E-state index in [9.17, 15) is 5.11 Å². The molecule has 0 unspecified atom stereocenters. The molecule has 3 N–H and O–H groups in total. The number of fused-ring (bicyclic) bond motifs is 1. The molecule has 3 rings (SSSR count). The minimum atomic E-state index is -0.0404. The van der Waals surface area contributed by atoms with Gasteiger partial charge in [-0.2, -0.15) is 0 Å². The number of rotatable bonds is 2. The third-order valence-corrected chi connectivity index (χ3v) is 3.61. The summed E-state index contributed by atoms with van der Waals surface area (Å²) in [4.78, 5) is 9.04. The molecule has 2 aromatic rings. The molecule has 0 radical (unpaired) electrons. The number of hydrogen-bond donors (Lipinski definition) is 2. The predicted octanol–water partition coefficient (Wildman–Crippen LogP) is 1.63. The smallest absolute Gasteiger partial charge is 0.141 e. The normalized spacial score (nSPS) is 17.3. The van der Waals surface area contributed by atoms with Crippen LogP contribution in [0.3, 0.4) is 0 Å². The molecule has 88 valence electrons. The Kier molecular flexibility index (Phi) is 2.10. The van der Waals surface area contributed by atoms with Crippen molar-refractivity contribution in [3.8, 4) is 5.75 Å². The van der Waals surface area contributed by atoms with Gasteiger partial charge in [-0.25, -0.2) is 9.97 Å². The van der Waals surface area contributed by atoms with Gasteiger partial charge in [0.2, 0.25) is 0 Å². The summed E-state index contributed by atoms with van der Waals surface area (Å²) >= 11 is 0. The molecule has 4 nitrogen and oxygen atoms in total. The highest BCUT2D eigenvalue weighted by Crippen LogP contribution is 2.46. The molecule has 17 heavy (non-hydrogen) atoms. The van der Waals surface area contributed by atoms with Crippen LogP contribution in [0.15, 0.2) is 18.2 Å². The van der Waals surface area contributed by atoms with E-state index in [-0.39, 0.29) is 11.2 Å². The first-order valence-electron chi connectivity index (χ1n) is 5.83. The average molecular weight is 229 g/mol. The number of phenols is 1. The topological polar surface area (TPSA) is 72.0 Å². The van der Waals surface area contributed by atoms with Crippen LogP contribution in [0.4, 0.5) is 0 Å². The van der Waals surface area contributed by atoms with Gasteiger partial charge in [0.1, 0.15) is 17.1 Å². The van der Waals surface area contributed by atoms with Gasteiger partial charge >= 0.3 is 0 Å². The summed E-state index contributed by atoms with van der Waals surface area (Å²) in [6, 6.07) is 5.39. The van der Waals surface area contributed by atoms with E-state index in [1.54, 1.807) is 6.07 Å². The maximum atomic E-state index is 9.86. The summed E-state index contributed by atoms with van der Waals surface area (Å²) in [5, 5.41) is 10.8. The summed E-state index contributed by atoms with van der Waals surface area (Å²) in [5.74, 6) is 0.994. The van der Waals surface area contributed by atoms with Crippen molar-refractivity contribution in [2.45, 2.75) is 25.2 Å². The van der Waals surface area contributed by atoms with E-state index in [0.29, 0.717) is 12.1 Å². The first kappa shape index (κ1) is 10.5. The second kappa shape index (κ2) is 3.40. The zero-order chi connectivity index (χ0) is 12.0. The fraction of sp³-hybridized carbons (Fsp3) is 0.385. The number of nitrogens with zero attached hydrogens (tertiary/aromatic N) is 2. The fourth-order valence-electron chi connectivity index (χ4n) is 2.20. The monoisotopic (exact) mass is 229 g/mol. The van der Waals surface area contributed by atoms with Crippen LogP contribution in [0.25, 0.3) is 10.9 Å². The number of nitrogens with two attached hydrogens (primary N) is 1. The van der Waals surface area contributed by atoms with Gasteiger partial charge in [0, 0.05) is 23.0 Å². The van der Waals surface area contributed by atoms with Gasteiger partial charge in [0.15, 0.2) is 0 Å². The van der Waals surface area contributed by atoms with Crippen LogP contribution < -0.4 is 5.73 Å². The van der Waals surface area contributed by atoms with E-state index in [1.165, 1.54) is 0 Å². The van der Waals surface area contributed by atoms with E-state index in [2.05, 4.69) is 9.97 Å². The number of aryl methyl sites for hydroxylation is 1. The Morgan fingerprint density at radius 3 is 2.76 bits per heavy atom. The number of para-hydroxylation sites is 1. The van der Waals surface area contributed by atoms with Gasteiger partial charge < -0.3 is 10.8 Å². The fourth-order valence-corrected chi connectivity index (χ4v) is 2.20. The molecular weight excluding hydrogens is 214 g/mol. The van der Waals surface area contributed by atoms with Crippen LogP contribution in [-0.2, 0) is 5.41 Å². The molecule has 4 heteroatoms. The molecular formula is C13H15N3O. The van der Waals surface area contributed by atoms with Gasteiger partial charge in [0.05, 0.1) is 0 Å². The molecule has 0 amide bonds. The van der Waals surface area contributed by atoms with Crippen LogP contribution in [0.1, 0.15) is 24.4 Å². The van der Waals surface area contributed by atoms with Crippen molar-refractivity contribution in [1.82, 2.24) is 9.97 Å². The molecule has 1 aromatic carbocycles. The lowest BCUT2D eigenvalue weighted by atomic mass is 10.1. The first-order valence-corrected chi connectivity index (χ1v) is 5.83. The molecule has 0 spiro atoms. The summed E-state index contributed by atoms with van der Waals surface area (Å²) in [6.45, 7) is 2.52. The maximum absolute atomic E-state index is 9.86. The molecule has 1 aliphatic carbocycles. The van der Waals surface area contributed by atoms with Gasteiger partial charge in [-0.05, 0) is 25.8 Å². The zero-order valence-corrected chi connectivity index (χ0v) is 9.77. The Labute approximate surface area is 99.5 Å². The van der Waals surface area contributed by atoms with E-state index >= 15 is 0 Å². The van der Waals surface area contributed by atoms with Crippen LogP contribution in [-0.4, -0.2) is 21.6 Å². The molecule has 1 heterocycles. The van der Waals surface area contributed by atoms with Crippen LogP contribution in [0, 0.1) is 6.92 Å². The number of phenolic OH excluding ortho intramolecular Hbond substituents is 1. The van der Waals surface area contributed by atoms with E-state index in [0.717, 1.165) is 29.7 Å². The quantitative estimate of drug-likeness (QED) is 0.821. The summed E-state index contributed by atoms with van der Waals surface area (Å²) in [5.41, 5.74) is 7.29. The molecule has 1 fully saturated rings. The van der Waals surface area contributed by atoms with Gasteiger partial charge in [-0.1, -0.05) is 12.1 Å². The number of hydrogen-bond acceptors (Lipinski definition) is 4. The van der Waals surface area contributed by atoms with Crippen molar-refractivity contribution in [3.05, 3.63) is 29.7 Å². The highest BCUT2D eigenvalue weighted by Gasteiger charge is 2.46. The van der Waals surface area contributed by atoms with Crippen LogP contribution in [0.5, 0.6) is 5.75 Å². The lowest BCUT2D eigenvalue weighted by Crippen LogP contribution is -2.22. The standard InChI is InChI=1S/C13H15N3O/c1-8-9-3-2-4-10(17)11(9)16-12(15-8)13(7-14)5-6-13/h2-4,17H,5-7,14H2,1H3. The van der Waals surface area contributed by atoms with Crippen LogP contribution >= 0.6 is 0 Å². The maximum Gasteiger partial charge on any atom is 0.141 e. The highest BCUT2D eigenvalue weighted by atomic mass is 16.3. The molecule has 0 saturated heterocycles. The summed E-state index contributed by atoms with van der Waals surface area (Å²) in [7, 11) is 0. The van der Waals surface area contributed by atoms with Gasteiger partial charge in [0.25, 0.3) is 0 Å². The Morgan fingerprint density at radius 1 is 1.35 bits per heavy atom. The van der Waals surface area contributed by atoms with E-state index in [1.807, 2.05) is 19.1 Å². The summed E-state index contributed by atoms with van der Waals surface area (Å²) in [6.07, 6.45) is 2.09. The lowest BCUT2D eigenvalue weighted by Gasteiger charge is -2.13. The zero-order valence-electron chi connectivity index (χ0n) is 9.77. The Balaban J connectivity index is 2.27. The number of aromatic hydroxyl groups is 1. The Bertz CT molecular complexity index is 590. The first-order chi connectivity index (χ1) is 8.16. The van der Waals surface area contributed by atoms with Crippen molar-refractivity contribution < 1.29 is 5.11 Å². The predicted molar refractivity (Wildman–Crippen MR) is 65.9 cm³/mol. The molecule has 1 saturated carbocycles. The van der Waals surface area contributed by atoms with Gasteiger partial charge in [-0.15, -0.1) is 0 Å². The van der Waals surface area contributed by atoms with Crippen molar-refractivity contribution in [2.24, 2.45) is 5.73 Å². The number of aromatic nitrogens is 2. The molecule has 0 atom stereocenters. The molecule has 0 aliphatic heterocycles. The molecule has 0 bridgehead atoms. The molecule has 1 aromatic heterocycles. The Hall–Kier alpha value is -1.68. The minimum Gasteiger partial charge on any atom is -0.506 e. The van der Waals surface area contributed by atoms with E-state index < -0.39 is 0 Å². The number of benzene rings is 1. The van der Waals surface area contributed by atoms with Gasteiger partial charge in [-0.3, -0.25) is 0 Å². The van der Waals surface area contributed by atoms with Crippen molar-refractivity contribution in [1.29, 1.82) is 0 Å². The second-order valence-corrected chi connectivity index (χ2v) is 4.79. The highest BCUT2D eigenvalue weighted by molar-refractivity contribution is 5.86. The third kappa shape index (κ3) is 1.48. The largest absolute Gasteiger partial charge is 0.506 e. The lowest BCUT2D eigenvalue weighted by molar-refractivity contribution is 0.479. The van der Waals surface area contributed by atoms with Crippen molar-refractivity contribution in [3.63, 3.8) is 0 Å². The summed E-state index contributed by atoms with van der Waals surface area (Å²) < 4.78 is 0. The average Bonchev–Trinajstić information content (AvgIpc) is 3.11.